The van der Waals surface area contributed by atoms with E-state index in [4.69, 9.17) is 24.5 Å². The van der Waals surface area contributed by atoms with Crippen molar-refractivity contribution < 1.29 is 38.5 Å². The van der Waals surface area contributed by atoms with Gasteiger partial charge in [-0.1, -0.05) is 32.0 Å². The van der Waals surface area contributed by atoms with E-state index < -0.39 is 24.1 Å². The Labute approximate surface area is 455 Å². The van der Waals surface area contributed by atoms with Gasteiger partial charge >= 0.3 is 0 Å². The van der Waals surface area contributed by atoms with Gasteiger partial charge in [-0.2, -0.15) is 0 Å². The molecule has 3 aliphatic heterocycles. The lowest BCUT2D eigenvalue weighted by Crippen LogP contribution is -2.54. The first-order valence-corrected chi connectivity index (χ1v) is 27.3. The second-order valence-corrected chi connectivity index (χ2v) is 21.7. The van der Waals surface area contributed by atoms with Crippen LogP contribution in [0.4, 0.5) is 17.2 Å². The fourth-order valence-electron chi connectivity index (χ4n) is 11.0. The molecular formula is C57H62N12O8S. The number of phenols is 1. The van der Waals surface area contributed by atoms with Crippen molar-refractivity contribution in [3.05, 3.63) is 126 Å². The third-order valence-corrected chi connectivity index (χ3v) is 16.0. The predicted molar refractivity (Wildman–Crippen MR) is 293 cm³/mol. The molecule has 1 saturated carbocycles. The molecule has 20 nitrogen and oxygen atoms in total. The summed E-state index contributed by atoms with van der Waals surface area (Å²) in [4.78, 5) is 53.1. The van der Waals surface area contributed by atoms with Crippen LogP contribution in [0.1, 0.15) is 87.5 Å². The Bertz CT molecular complexity index is 3260. The van der Waals surface area contributed by atoms with Gasteiger partial charge in [-0.05, 0) is 97.9 Å². The highest BCUT2D eigenvalue weighted by Crippen LogP contribution is 2.41. The van der Waals surface area contributed by atoms with Crippen LogP contribution in [0.5, 0.6) is 23.3 Å². The first kappa shape index (κ1) is 51.9. The van der Waals surface area contributed by atoms with Gasteiger partial charge in [-0.15, -0.1) is 21.5 Å². The van der Waals surface area contributed by atoms with Crippen LogP contribution in [0, 0.1) is 12.8 Å². The second-order valence-electron chi connectivity index (χ2n) is 20.8. The van der Waals surface area contributed by atoms with Crippen molar-refractivity contribution in [3.8, 4) is 45.1 Å². The lowest BCUT2D eigenvalue weighted by atomic mass is 9.91. The molecule has 9 heterocycles. The number of aryl methyl sites for hydroxylation is 1. The fraction of sp³-hybridized carbons (Fsp3) is 0.386. The monoisotopic (exact) mass is 1070 g/mol. The third kappa shape index (κ3) is 11.2. The molecule has 404 valence electrons. The van der Waals surface area contributed by atoms with Crippen LogP contribution in [-0.2, 0) is 9.59 Å². The van der Waals surface area contributed by atoms with Crippen molar-refractivity contribution in [2.75, 3.05) is 41.8 Å². The highest BCUT2D eigenvalue weighted by atomic mass is 32.1. The Morgan fingerprint density at radius 2 is 1.69 bits per heavy atom. The number of aliphatic hydroxyl groups excluding tert-OH is 1. The Hall–Kier alpha value is -8.17. The molecule has 0 radical (unpaired) electrons. The van der Waals surface area contributed by atoms with E-state index >= 15 is 0 Å². The molecule has 1 aliphatic carbocycles. The van der Waals surface area contributed by atoms with E-state index in [1.807, 2.05) is 88.5 Å². The van der Waals surface area contributed by atoms with Gasteiger partial charge in [0.25, 0.3) is 5.88 Å². The predicted octanol–water partition coefficient (Wildman–Crippen LogP) is 7.55. The van der Waals surface area contributed by atoms with E-state index in [1.165, 1.54) is 16.2 Å². The summed E-state index contributed by atoms with van der Waals surface area (Å²) in [6.07, 6.45) is 11.6. The molecule has 78 heavy (non-hydrogen) atoms. The van der Waals surface area contributed by atoms with Gasteiger partial charge in [0, 0.05) is 86.8 Å². The number of nitrogen functional groups attached to an aromatic ring is 1. The molecule has 2 bridgehead atoms. The van der Waals surface area contributed by atoms with Crippen LogP contribution in [0.25, 0.3) is 27.9 Å². The molecule has 11 rings (SSSR count). The Morgan fingerprint density at radius 3 is 2.42 bits per heavy atom. The number of carbonyl (C=O) groups is 2. The maximum atomic E-state index is 14.2. The SMILES string of the molecule is Cc1ncsc1-c1ccc([C@H](C)NC(=O)[C@@H]2C[C@@H](O)CN2C(=O)[C@@H](c2cc(OC/C=C/c3ccc(OC4CC(Oc5cc(N6C7CC[C@@H]6CN(c6cc(-c8ccccc8O)nnc6N)C7)ccn5)C4)cn3)no2)C(C)C)cn1. The summed E-state index contributed by atoms with van der Waals surface area (Å²) in [5.74, 6) is 0.606. The number of rotatable bonds is 18. The number of anilines is 3. The van der Waals surface area contributed by atoms with Gasteiger partial charge in [0.1, 0.15) is 42.3 Å². The highest BCUT2D eigenvalue weighted by Gasteiger charge is 2.44. The van der Waals surface area contributed by atoms with Crippen molar-refractivity contribution in [1.29, 1.82) is 0 Å². The van der Waals surface area contributed by atoms with Crippen LogP contribution in [0.15, 0.2) is 107 Å². The minimum Gasteiger partial charge on any atom is -0.507 e. The number of nitrogens with two attached hydrogens (primary N) is 1. The van der Waals surface area contributed by atoms with Crippen LogP contribution in [0.3, 0.4) is 0 Å². The average Bonchev–Trinajstić information content (AvgIpc) is 4.28. The van der Waals surface area contributed by atoms with Crippen molar-refractivity contribution in [3.63, 3.8) is 0 Å². The maximum absolute atomic E-state index is 14.2. The highest BCUT2D eigenvalue weighted by molar-refractivity contribution is 7.13. The van der Waals surface area contributed by atoms with Crippen molar-refractivity contribution in [1.82, 2.24) is 45.5 Å². The molecule has 6 atom stereocenters. The average molecular weight is 1080 g/mol. The number of piperazine rings is 1. The topological polar surface area (TPSA) is 253 Å². The minimum absolute atomic E-state index is 0.0121. The van der Waals surface area contributed by atoms with Gasteiger partial charge in [0.05, 0.1) is 57.2 Å². The number of amides is 2. The van der Waals surface area contributed by atoms with Crippen LogP contribution >= 0.6 is 11.3 Å². The number of nitrogens with one attached hydrogen (secondary N) is 1. The summed E-state index contributed by atoms with van der Waals surface area (Å²) in [5, 5.41) is 36.8. The van der Waals surface area contributed by atoms with Crippen LogP contribution in [-0.4, -0.2) is 125 Å². The second kappa shape index (κ2) is 22.4. The summed E-state index contributed by atoms with van der Waals surface area (Å²) in [6.45, 7) is 9.32. The maximum Gasteiger partial charge on any atom is 0.254 e. The smallest absolute Gasteiger partial charge is 0.254 e. The van der Waals surface area contributed by atoms with Gasteiger partial charge in [0.15, 0.2) is 11.6 Å². The molecule has 1 aromatic carbocycles. The molecule has 21 heteroatoms. The largest absolute Gasteiger partial charge is 0.507 e. The molecule has 5 N–H and O–H groups in total. The summed E-state index contributed by atoms with van der Waals surface area (Å²) < 4.78 is 24.1. The molecule has 0 spiro atoms. The number of benzene rings is 1. The summed E-state index contributed by atoms with van der Waals surface area (Å²) in [5.41, 5.74) is 14.5. The Morgan fingerprint density at radius 1 is 0.885 bits per heavy atom. The first-order valence-electron chi connectivity index (χ1n) is 26.4. The van der Waals surface area contributed by atoms with Crippen molar-refractivity contribution in [2.24, 2.45) is 5.92 Å². The van der Waals surface area contributed by atoms with E-state index in [0.29, 0.717) is 40.2 Å². The zero-order valence-electron chi connectivity index (χ0n) is 43.8. The Kier molecular flexibility index (Phi) is 14.9. The van der Waals surface area contributed by atoms with Crippen molar-refractivity contribution in [2.45, 2.75) is 108 Å². The molecule has 4 fully saturated rings. The number of nitrogens with zero attached hydrogens (tertiary/aromatic N) is 10. The van der Waals surface area contributed by atoms with E-state index in [9.17, 15) is 19.8 Å². The van der Waals surface area contributed by atoms with E-state index in [0.717, 1.165) is 72.0 Å². The van der Waals surface area contributed by atoms with E-state index in [1.54, 1.807) is 42.2 Å². The third-order valence-electron chi connectivity index (χ3n) is 15.1. The quantitative estimate of drug-likeness (QED) is 0.0647. The number of ether oxygens (including phenoxy) is 3. The molecule has 1 unspecified atom stereocenters. The number of hydrogen-bond donors (Lipinski definition) is 4. The minimum atomic E-state index is -0.871. The number of aromatic hydroxyl groups is 1. The van der Waals surface area contributed by atoms with E-state index in [2.05, 4.69) is 56.5 Å². The lowest BCUT2D eigenvalue weighted by molar-refractivity contribution is -0.141. The van der Waals surface area contributed by atoms with Crippen molar-refractivity contribution >= 4 is 46.4 Å². The Balaban J connectivity index is 0.623. The number of para-hydroxylation sites is 1. The zero-order chi connectivity index (χ0) is 54.0. The van der Waals surface area contributed by atoms with Gasteiger partial charge in [0.2, 0.25) is 17.7 Å². The number of thiazole rings is 1. The lowest BCUT2D eigenvalue weighted by Gasteiger charge is -2.43. The zero-order valence-corrected chi connectivity index (χ0v) is 44.6. The molecule has 4 aliphatic rings. The number of aromatic nitrogens is 7. The number of β-amino-alcohol motifs (C(OH)–C–C–N with tert-alkyl or cyclic N) is 1. The number of hydrogen-bond acceptors (Lipinski definition) is 19. The molecule has 6 aromatic heterocycles. The van der Waals surface area contributed by atoms with Gasteiger partial charge < -0.3 is 54.7 Å². The number of likely N-dealkylation sites (tertiary alicyclic amines) is 1. The van der Waals surface area contributed by atoms with Crippen LogP contribution in [0.2, 0.25) is 0 Å². The normalized spacial score (nSPS) is 21.6. The number of aliphatic hydroxyl groups is 1. The molecule has 2 amide bonds. The molecular weight excluding hydrogens is 1010 g/mol. The van der Waals surface area contributed by atoms with E-state index in [-0.39, 0.29) is 73.2 Å². The van der Waals surface area contributed by atoms with Gasteiger partial charge in [-0.3, -0.25) is 19.6 Å². The molecule has 3 saturated heterocycles. The summed E-state index contributed by atoms with van der Waals surface area (Å²) >= 11 is 1.52. The molecule has 7 aromatic rings. The number of phenolic OH excluding ortho intramolecular Hbond substituents is 1. The van der Waals surface area contributed by atoms with Crippen LogP contribution < -0.4 is 35.1 Å². The first-order chi connectivity index (χ1) is 37.8. The number of fused-ring (bicyclic) bond motifs is 2. The standard InChI is InChI=1S/C57H62N12O8S/c1-32(2)53(57(73)68-30-40(70)21-48(68)56(72)63-33(3)35-11-16-45(61-26-35)54-34(4)62-31-78-54)50-25-52(66-77-50)74-19-7-8-36-12-15-41(27-60-36)75-42-22-43(23-42)76-51-20-37(17-18-59-51)69-38-13-14-39(69)29-67(28-38)47-24-46(64-65-55(47)58)44-9-5-6-10-49(44)71/h5-12,15-18,20,24-27,31-33,38-40,42-43,48,53,70-71H,13-14,19,21-23,28-30H2,1-4H3,(H2,58,65)(H,63,72)/b8-7+/t33-,38+,39?,40+,42?,43?,48-,53+/m0/s1. The number of pyridine rings is 3. The summed E-state index contributed by atoms with van der Waals surface area (Å²) in [6, 6.07) is 21.6. The summed E-state index contributed by atoms with van der Waals surface area (Å²) in [7, 11) is 0. The van der Waals surface area contributed by atoms with Gasteiger partial charge in [-0.25, -0.2) is 9.97 Å². The fourth-order valence-corrected chi connectivity index (χ4v) is 11.8. The number of carbonyl (C=O) groups excluding carboxylic acids is 2.